The molecule has 27 heavy (non-hydrogen) atoms. The molecule has 1 saturated heterocycles. The molecule has 150 valence electrons. The van der Waals surface area contributed by atoms with E-state index in [0.717, 1.165) is 45.4 Å². The standard InChI is InChI=1S/C22H36N4O/c1-18(17-26-12-14-27-15-13-26)16-24-22(23-2)25-21-10-8-20(9-11-21)19-6-4-3-5-7-19/h3-7,18,20-21H,8-17H2,1-2H3,(H2,23,24,25). The van der Waals surface area contributed by atoms with Gasteiger partial charge in [-0.1, -0.05) is 37.3 Å². The highest BCUT2D eigenvalue weighted by atomic mass is 16.5. The van der Waals surface area contributed by atoms with Gasteiger partial charge in [-0.25, -0.2) is 0 Å². The van der Waals surface area contributed by atoms with E-state index in [1.165, 1.54) is 31.2 Å². The van der Waals surface area contributed by atoms with Crippen LogP contribution in [0.1, 0.15) is 44.1 Å². The summed E-state index contributed by atoms with van der Waals surface area (Å²) in [6, 6.07) is 11.5. The van der Waals surface area contributed by atoms with Crippen molar-refractivity contribution in [2.24, 2.45) is 10.9 Å². The summed E-state index contributed by atoms with van der Waals surface area (Å²) in [5.74, 6) is 2.26. The highest BCUT2D eigenvalue weighted by Gasteiger charge is 2.23. The molecule has 0 radical (unpaired) electrons. The fraction of sp³-hybridized carbons (Fsp3) is 0.682. The molecule has 2 fully saturated rings. The number of nitrogens with one attached hydrogen (secondary N) is 2. The first-order valence-electron chi connectivity index (χ1n) is 10.6. The number of hydrogen-bond acceptors (Lipinski definition) is 3. The number of hydrogen-bond donors (Lipinski definition) is 2. The largest absolute Gasteiger partial charge is 0.379 e. The normalized spacial score (nSPS) is 25.8. The molecule has 1 aromatic carbocycles. The van der Waals surface area contributed by atoms with Crippen molar-refractivity contribution < 1.29 is 4.74 Å². The van der Waals surface area contributed by atoms with Crippen LogP contribution >= 0.6 is 0 Å². The van der Waals surface area contributed by atoms with Gasteiger partial charge >= 0.3 is 0 Å². The minimum Gasteiger partial charge on any atom is -0.379 e. The van der Waals surface area contributed by atoms with Crippen molar-refractivity contribution in [3.63, 3.8) is 0 Å². The third-order valence-electron chi connectivity index (χ3n) is 5.85. The van der Waals surface area contributed by atoms with Crippen LogP contribution in [0.25, 0.3) is 0 Å². The van der Waals surface area contributed by atoms with Crippen molar-refractivity contribution in [3.8, 4) is 0 Å². The van der Waals surface area contributed by atoms with Crippen molar-refractivity contribution >= 4 is 5.96 Å². The number of rotatable bonds is 6. The summed E-state index contributed by atoms with van der Waals surface area (Å²) >= 11 is 0. The predicted molar refractivity (Wildman–Crippen MR) is 112 cm³/mol. The first kappa shape index (κ1) is 20.2. The van der Waals surface area contributed by atoms with Gasteiger partial charge in [-0.2, -0.15) is 0 Å². The van der Waals surface area contributed by atoms with Gasteiger partial charge in [0.1, 0.15) is 0 Å². The zero-order chi connectivity index (χ0) is 18.9. The van der Waals surface area contributed by atoms with Crippen LogP contribution in [0.15, 0.2) is 35.3 Å². The molecular formula is C22H36N4O. The smallest absolute Gasteiger partial charge is 0.191 e. The van der Waals surface area contributed by atoms with Crippen LogP contribution in [-0.4, -0.2) is 63.3 Å². The zero-order valence-electron chi connectivity index (χ0n) is 17.0. The predicted octanol–water partition coefficient (Wildman–Crippen LogP) is 2.85. The van der Waals surface area contributed by atoms with Crippen LogP contribution in [0.5, 0.6) is 0 Å². The van der Waals surface area contributed by atoms with Gasteiger partial charge in [0.2, 0.25) is 0 Å². The third kappa shape index (κ3) is 6.51. The summed E-state index contributed by atoms with van der Waals surface area (Å²) in [5.41, 5.74) is 1.50. The van der Waals surface area contributed by atoms with Gasteiger partial charge in [-0.15, -0.1) is 0 Å². The van der Waals surface area contributed by atoms with Gasteiger partial charge in [0.15, 0.2) is 5.96 Å². The van der Waals surface area contributed by atoms with Crippen molar-refractivity contribution in [1.82, 2.24) is 15.5 Å². The van der Waals surface area contributed by atoms with Gasteiger partial charge in [-0.3, -0.25) is 9.89 Å². The molecule has 0 bridgehead atoms. The molecule has 5 nitrogen and oxygen atoms in total. The Morgan fingerprint density at radius 2 is 1.85 bits per heavy atom. The van der Waals surface area contributed by atoms with E-state index in [1.807, 2.05) is 7.05 Å². The quantitative estimate of drug-likeness (QED) is 0.595. The first-order valence-corrected chi connectivity index (χ1v) is 10.6. The minimum atomic E-state index is 0.533. The van der Waals surface area contributed by atoms with Crippen molar-refractivity contribution in [3.05, 3.63) is 35.9 Å². The molecule has 1 saturated carbocycles. The summed E-state index contributed by atoms with van der Waals surface area (Å²) < 4.78 is 5.43. The van der Waals surface area contributed by atoms with Crippen molar-refractivity contribution in [2.45, 2.75) is 44.6 Å². The van der Waals surface area contributed by atoms with Crippen LogP contribution in [-0.2, 0) is 4.74 Å². The van der Waals surface area contributed by atoms with Crippen molar-refractivity contribution in [2.75, 3.05) is 46.4 Å². The second kappa shape index (κ2) is 10.7. The molecule has 0 aromatic heterocycles. The van der Waals surface area contributed by atoms with Gasteiger partial charge in [0.05, 0.1) is 13.2 Å². The lowest BCUT2D eigenvalue weighted by Gasteiger charge is -2.31. The SMILES string of the molecule is CN=C(NCC(C)CN1CCOCC1)NC1CCC(c2ccccc2)CC1. The van der Waals surface area contributed by atoms with Crippen LogP contribution in [0.3, 0.4) is 0 Å². The lowest BCUT2D eigenvalue weighted by Crippen LogP contribution is -2.47. The van der Waals surface area contributed by atoms with E-state index in [9.17, 15) is 0 Å². The van der Waals surface area contributed by atoms with Gasteiger partial charge in [0, 0.05) is 39.3 Å². The monoisotopic (exact) mass is 372 g/mol. The Bertz CT molecular complexity index is 563. The highest BCUT2D eigenvalue weighted by molar-refractivity contribution is 5.79. The van der Waals surface area contributed by atoms with E-state index in [2.05, 4.69) is 57.8 Å². The number of ether oxygens (including phenoxy) is 1. The molecule has 0 amide bonds. The maximum atomic E-state index is 5.43. The van der Waals surface area contributed by atoms with E-state index in [-0.39, 0.29) is 0 Å². The molecule has 2 aliphatic rings. The minimum absolute atomic E-state index is 0.533. The first-order chi connectivity index (χ1) is 13.2. The Labute approximate surface area is 164 Å². The molecular weight excluding hydrogens is 336 g/mol. The van der Waals surface area contributed by atoms with E-state index in [0.29, 0.717) is 17.9 Å². The van der Waals surface area contributed by atoms with Crippen LogP contribution in [0.4, 0.5) is 0 Å². The summed E-state index contributed by atoms with van der Waals surface area (Å²) in [6.45, 7) is 8.24. The zero-order valence-corrected chi connectivity index (χ0v) is 17.0. The maximum Gasteiger partial charge on any atom is 0.191 e. The van der Waals surface area contributed by atoms with Crippen LogP contribution < -0.4 is 10.6 Å². The topological polar surface area (TPSA) is 48.9 Å². The molecule has 0 spiro atoms. The number of aliphatic imine (C=N–C) groups is 1. The lowest BCUT2D eigenvalue weighted by molar-refractivity contribution is 0.0320. The molecule has 1 unspecified atom stereocenters. The Balaban J connectivity index is 1.36. The molecule has 1 aliphatic carbocycles. The average Bonchev–Trinajstić information content (AvgIpc) is 2.73. The summed E-state index contributed by atoms with van der Waals surface area (Å²) in [4.78, 5) is 6.94. The van der Waals surface area contributed by atoms with Crippen LogP contribution in [0.2, 0.25) is 0 Å². The Hall–Kier alpha value is -1.59. The van der Waals surface area contributed by atoms with Gasteiger partial charge < -0.3 is 15.4 Å². The van der Waals surface area contributed by atoms with E-state index < -0.39 is 0 Å². The molecule has 1 heterocycles. The van der Waals surface area contributed by atoms with E-state index >= 15 is 0 Å². The average molecular weight is 373 g/mol. The Morgan fingerprint density at radius 3 is 2.52 bits per heavy atom. The number of morpholine rings is 1. The summed E-state index contributed by atoms with van der Waals surface area (Å²) in [7, 11) is 1.87. The van der Waals surface area contributed by atoms with E-state index in [1.54, 1.807) is 0 Å². The van der Waals surface area contributed by atoms with Gasteiger partial charge in [-0.05, 0) is 43.1 Å². The maximum absolute atomic E-state index is 5.43. The van der Waals surface area contributed by atoms with E-state index in [4.69, 9.17) is 4.74 Å². The second-order valence-electron chi connectivity index (χ2n) is 8.07. The third-order valence-corrected chi connectivity index (χ3v) is 5.85. The highest BCUT2D eigenvalue weighted by Crippen LogP contribution is 2.32. The van der Waals surface area contributed by atoms with Gasteiger partial charge in [0.25, 0.3) is 0 Å². The number of guanidine groups is 1. The molecule has 5 heteroatoms. The molecule has 1 aliphatic heterocycles. The fourth-order valence-corrected chi connectivity index (χ4v) is 4.24. The second-order valence-corrected chi connectivity index (χ2v) is 8.07. The molecule has 1 atom stereocenters. The molecule has 2 N–H and O–H groups in total. The number of benzene rings is 1. The molecule has 3 rings (SSSR count). The molecule has 1 aromatic rings. The Morgan fingerprint density at radius 1 is 1.15 bits per heavy atom. The fourth-order valence-electron chi connectivity index (χ4n) is 4.24. The van der Waals surface area contributed by atoms with Crippen LogP contribution in [0, 0.1) is 5.92 Å². The summed E-state index contributed by atoms with van der Waals surface area (Å²) in [6.07, 6.45) is 4.94. The summed E-state index contributed by atoms with van der Waals surface area (Å²) in [5, 5.41) is 7.17. The number of nitrogens with zero attached hydrogens (tertiary/aromatic N) is 2. The Kier molecular flexibility index (Phi) is 7.96. The van der Waals surface area contributed by atoms with Crippen molar-refractivity contribution in [1.29, 1.82) is 0 Å². The lowest BCUT2D eigenvalue weighted by atomic mass is 9.82.